The van der Waals surface area contributed by atoms with Crippen molar-refractivity contribution in [2.24, 2.45) is 4.99 Å². The van der Waals surface area contributed by atoms with E-state index in [0.717, 1.165) is 11.8 Å². The summed E-state index contributed by atoms with van der Waals surface area (Å²) in [6.07, 6.45) is 1.64. The second-order valence-corrected chi connectivity index (χ2v) is 6.69. The minimum Gasteiger partial charge on any atom is -0.506 e. The molecule has 0 fully saturated rings. The van der Waals surface area contributed by atoms with Gasteiger partial charge in [-0.25, -0.2) is 9.79 Å². The van der Waals surface area contributed by atoms with E-state index in [2.05, 4.69) is 4.99 Å². The molecular weight excluding hydrogens is 380 g/mol. The van der Waals surface area contributed by atoms with E-state index in [4.69, 9.17) is 4.74 Å². The summed E-state index contributed by atoms with van der Waals surface area (Å²) in [5, 5.41) is 21.7. The Balaban J connectivity index is 2.00. The van der Waals surface area contributed by atoms with Crippen molar-refractivity contribution in [3.05, 3.63) is 86.5 Å². The molecule has 0 spiro atoms. The predicted molar refractivity (Wildman–Crippen MR) is 108 cm³/mol. The Morgan fingerprint density at radius 3 is 2.50 bits per heavy atom. The number of hydrogen-bond donors (Lipinski definition) is 1. The first-order valence-corrected chi connectivity index (χ1v) is 9.20. The van der Waals surface area contributed by atoms with Crippen molar-refractivity contribution in [3.63, 3.8) is 0 Å². The van der Waals surface area contributed by atoms with E-state index in [-0.39, 0.29) is 23.6 Å². The molecule has 1 aliphatic heterocycles. The van der Waals surface area contributed by atoms with Crippen molar-refractivity contribution in [1.29, 1.82) is 0 Å². The van der Waals surface area contributed by atoms with Gasteiger partial charge in [-0.2, -0.15) is 0 Å². The summed E-state index contributed by atoms with van der Waals surface area (Å²) in [5.41, 5.74) is 1.25. The van der Waals surface area contributed by atoms with Gasteiger partial charge in [0.1, 0.15) is 16.4 Å². The summed E-state index contributed by atoms with van der Waals surface area (Å²) < 4.78 is 5.05. The van der Waals surface area contributed by atoms with Crippen molar-refractivity contribution < 1.29 is 19.6 Å². The molecule has 0 aromatic heterocycles. The zero-order valence-corrected chi connectivity index (χ0v) is 15.7. The Labute approximate surface area is 165 Å². The number of benzene rings is 2. The fraction of sp³-hybridized carbons (Fsp3) is 0.100. The molecule has 2 aromatic rings. The SMILES string of the molecule is CCOC(=O)C1=C(O)C(=Cc2ccc([N+](=O)[O-])cc2)SC1=Nc1ccccc1. The number of esters is 1. The zero-order valence-electron chi connectivity index (χ0n) is 14.9. The lowest BCUT2D eigenvalue weighted by Crippen LogP contribution is -2.12. The average Bonchev–Trinajstić information content (AvgIpc) is 2.98. The van der Waals surface area contributed by atoms with Crippen molar-refractivity contribution >= 4 is 40.2 Å². The van der Waals surface area contributed by atoms with Gasteiger partial charge in [0, 0.05) is 12.1 Å². The molecule has 7 nitrogen and oxygen atoms in total. The van der Waals surface area contributed by atoms with E-state index in [0.29, 0.717) is 21.2 Å². The zero-order chi connectivity index (χ0) is 20.1. The van der Waals surface area contributed by atoms with Crippen LogP contribution in [0.25, 0.3) is 6.08 Å². The van der Waals surface area contributed by atoms with Gasteiger partial charge in [0.2, 0.25) is 0 Å². The molecule has 8 heteroatoms. The molecule has 2 aromatic carbocycles. The summed E-state index contributed by atoms with van der Waals surface area (Å²) in [6.45, 7) is 1.85. The Morgan fingerprint density at radius 1 is 1.21 bits per heavy atom. The second kappa shape index (κ2) is 8.53. The molecule has 0 saturated carbocycles. The number of aliphatic hydroxyl groups is 1. The third kappa shape index (κ3) is 4.29. The number of nitrogens with zero attached hydrogens (tertiary/aromatic N) is 2. The number of nitro benzene ring substituents is 1. The fourth-order valence-electron chi connectivity index (χ4n) is 2.46. The molecule has 28 heavy (non-hydrogen) atoms. The lowest BCUT2D eigenvalue weighted by molar-refractivity contribution is -0.384. The molecule has 0 amide bonds. The van der Waals surface area contributed by atoms with Gasteiger partial charge in [0.05, 0.1) is 22.1 Å². The third-order valence-corrected chi connectivity index (χ3v) is 4.78. The van der Waals surface area contributed by atoms with Gasteiger partial charge < -0.3 is 9.84 Å². The fourth-order valence-corrected chi connectivity index (χ4v) is 3.49. The van der Waals surface area contributed by atoms with Crippen molar-refractivity contribution in [1.82, 2.24) is 0 Å². The molecule has 1 heterocycles. The summed E-state index contributed by atoms with van der Waals surface area (Å²) in [4.78, 5) is 27.5. The summed E-state index contributed by atoms with van der Waals surface area (Å²) in [5.74, 6) is -0.884. The highest BCUT2D eigenvalue weighted by atomic mass is 32.2. The molecule has 0 saturated heterocycles. The quantitative estimate of drug-likeness (QED) is 0.443. The second-order valence-electron chi connectivity index (χ2n) is 5.66. The number of non-ortho nitro benzene ring substituents is 1. The standard InChI is InChI=1S/C20H16N2O5S/c1-2-27-20(24)17-18(23)16(12-13-8-10-15(11-9-13)22(25)26)28-19(17)21-14-6-4-3-5-7-14/h3-12,23H,2H2,1H3. The number of carbonyl (C=O) groups is 1. The highest BCUT2D eigenvalue weighted by molar-refractivity contribution is 8.18. The number of rotatable bonds is 5. The maximum Gasteiger partial charge on any atom is 0.344 e. The lowest BCUT2D eigenvalue weighted by atomic mass is 10.1. The highest BCUT2D eigenvalue weighted by Crippen LogP contribution is 2.40. The number of hydrogen-bond acceptors (Lipinski definition) is 7. The van der Waals surface area contributed by atoms with Crippen LogP contribution in [0.1, 0.15) is 12.5 Å². The van der Waals surface area contributed by atoms with Gasteiger partial charge >= 0.3 is 5.97 Å². The van der Waals surface area contributed by atoms with Crippen molar-refractivity contribution in [3.8, 4) is 0 Å². The van der Waals surface area contributed by atoms with Crippen LogP contribution in [-0.2, 0) is 9.53 Å². The maximum absolute atomic E-state index is 12.3. The van der Waals surface area contributed by atoms with Crippen molar-refractivity contribution in [2.75, 3.05) is 6.61 Å². The highest BCUT2D eigenvalue weighted by Gasteiger charge is 2.33. The number of aliphatic imine (C=N–C) groups is 1. The number of ether oxygens (including phenoxy) is 1. The minimum atomic E-state index is -0.658. The van der Waals surface area contributed by atoms with Gasteiger partial charge in [-0.3, -0.25) is 10.1 Å². The van der Waals surface area contributed by atoms with Crippen LogP contribution in [0.2, 0.25) is 0 Å². The molecule has 0 aliphatic carbocycles. The number of thioether (sulfide) groups is 1. The summed E-state index contributed by atoms with van der Waals surface area (Å²) in [6, 6.07) is 14.9. The van der Waals surface area contributed by atoms with E-state index >= 15 is 0 Å². The topological polar surface area (TPSA) is 102 Å². The Morgan fingerprint density at radius 2 is 1.89 bits per heavy atom. The van der Waals surface area contributed by atoms with E-state index in [1.807, 2.05) is 18.2 Å². The lowest BCUT2D eigenvalue weighted by Gasteiger charge is -2.03. The smallest absolute Gasteiger partial charge is 0.344 e. The largest absolute Gasteiger partial charge is 0.506 e. The van der Waals surface area contributed by atoms with Gasteiger partial charge in [0.15, 0.2) is 0 Å². The van der Waals surface area contributed by atoms with Crippen molar-refractivity contribution in [2.45, 2.75) is 6.92 Å². The van der Waals surface area contributed by atoms with Gasteiger partial charge in [-0.1, -0.05) is 30.0 Å². The van der Waals surface area contributed by atoms with E-state index in [9.17, 15) is 20.0 Å². The summed E-state index contributed by atoms with van der Waals surface area (Å²) in [7, 11) is 0. The van der Waals surface area contributed by atoms with Crippen LogP contribution in [0.15, 0.2) is 75.8 Å². The Hall–Kier alpha value is -3.39. The van der Waals surface area contributed by atoms with Crippen LogP contribution in [0, 0.1) is 10.1 Å². The van der Waals surface area contributed by atoms with Gasteiger partial charge in [-0.15, -0.1) is 0 Å². The number of nitro groups is 1. The van der Waals surface area contributed by atoms with Crippen LogP contribution in [0.3, 0.4) is 0 Å². The van der Waals surface area contributed by atoms with Crippen LogP contribution in [0.4, 0.5) is 11.4 Å². The molecule has 142 valence electrons. The van der Waals surface area contributed by atoms with Gasteiger partial charge in [-0.05, 0) is 42.8 Å². The number of para-hydroxylation sites is 1. The van der Waals surface area contributed by atoms with Crippen LogP contribution in [-0.4, -0.2) is 27.6 Å². The number of aliphatic hydroxyl groups excluding tert-OH is 1. The Bertz CT molecular complexity index is 995. The summed E-state index contributed by atoms with van der Waals surface area (Å²) >= 11 is 1.13. The van der Waals surface area contributed by atoms with E-state index in [1.165, 1.54) is 12.1 Å². The molecule has 1 aliphatic rings. The van der Waals surface area contributed by atoms with Crippen LogP contribution >= 0.6 is 11.8 Å². The Kier molecular flexibility index (Phi) is 5.90. The average molecular weight is 396 g/mol. The first-order chi connectivity index (χ1) is 13.5. The van der Waals surface area contributed by atoms with Crippen LogP contribution < -0.4 is 0 Å². The number of carbonyl (C=O) groups excluding carboxylic acids is 1. The molecule has 0 unspecified atom stereocenters. The first kappa shape index (κ1) is 19.4. The molecule has 1 N–H and O–H groups in total. The molecule has 0 bridgehead atoms. The predicted octanol–water partition coefficient (Wildman–Crippen LogP) is 4.79. The third-order valence-electron chi connectivity index (χ3n) is 3.76. The minimum absolute atomic E-state index is 0.00358. The molecule has 3 rings (SSSR count). The molecule has 0 atom stereocenters. The van der Waals surface area contributed by atoms with Crippen LogP contribution in [0.5, 0.6) is 0 Å². The first-order valence-electron chi connectivity index (χ1n) is 8.38. The molecule has 0 radical (unpaired) electrons. The van der Waals surface area contributed by atoms with E-state index in [1.54, 1.807) is 37.3 Å². The van der Waals surface area contributed by atoms with Gasteiger partial charge in [0.25, 0.3) is 5.69 Å². The monoisotopic (exact) mass is 396 g/mol. The molecular formula is C20H16N2O5S. The maximum atomic E-state index is 12.3. The normalized spacial score (nSPS) is 16.6. The van der Waals surface area contributed by atoms with E-state index < -0.39 is 10.9 Å².